The van der Waals surface area contributed by atoms with Crippen LogP contribution in [0.25, 0.3) is 84.2 Å². The SMILES string of the molecule is Cc1nc(C)nc(-c2ccc3c(c2)c2ccccc2n3-c2cc(-c3nc(-c4ccccc4)nc(-c4ccccc4)n3)ccc2-c2cccc([Si](c3ccccc3)(c3ccccc3)c3ccccc3)c2)n1. The lowest BCUT2D eigenvalue weighted by atomic mass is 10.0. The molecule has 0 saturated heterocycles. The third-order valence-corrected chi connectivity index (χ3v) is 18.0. The number of benzene rings is 9. The van der Waals surface area contributed by atoms with Crippen molar-refractivity contribution in [1.82, 2.24) is 34.5 Å². The molecule has 12 aromatic rings. The van der Waals surface area contributed by atoms with Gasteiger partial charge in [-0.3, -0.25) is 0 Å². The lowest BCUT2D eigenvalue weighted by molar-refractivity contribution is 0.929. The van der Waals surface area contributed by atoms with Gasteiger partial charge in [-0.15, -0.1) is 0 Å². The molecule has 0 saturated carbocycles. The first-order chi connectivity index (χ1) is 34.5. The zero-order chi connectivity index (χ0) is 47.0. The highest BCUT2D eigenvalue weighted by atomic mass is 28.3. The fourth-order valence-electron chi connectivity index (χ4n) is 10.1. The maximum Gasteiger partial charge on any atom is 0.179 e. The van der Waals surface area contributed by atoms with Crippen molar-refractivity contribution in [3.8, 4) is 62.4 Å². The number of hydrogen-bond acceptors (Lipinski definition) is 6. The number of aromatic nitrogens is 7. The Kier molecular flexibility index (Phi) is 10.8. The van der Waals surface area contributed by atoms with Gasteiger partial charge in [-0.25, -0.2) is 29.9 Å². The molecule has 0 aliphatic heterocycles. The van der Waals surface area contributed by atoms with E-state index >= 15 is 0 Å². The van der Waals surface area contributed by atoms with Gasteiger partial charge < -0.3 is 4.57 Å². The van der Waals surface area contributed by atoms with Crippen molar-refractivity contribution < 1.29 is 0 Å². The Hall–Kier alpha value is -8.98. The molecule has 7 nitrogen and oxygen atoms in total. The van der Waals surface area contributed by atoms with Crippen LogP contribution in [0.15, 0.2) is 237 Å². The molecule has 3 heterocycles. The maximum absolute atomic E-state index is 5.21. The summed E-state index contributed by atoms with van der Waals surface area (Å²) < 4.78 is 2.40. The highest BCUT2D eigenvalue weighted by Crippen LogP contribution is 2.39. The van der Waals surface area contributed by atoms with E-state index in [4.69, 9.17) is 24.9 Å². The molecule has 332 valence electrons. The maximum atomic E-state index is 5.21. The van der Waals surface area contributed by atoms with Crippen molar-refractivity contribution in [2.24, 2.45) is 0 Å². The number of rotatable bonds is 10. The molecule has 0 aliphatic carbocycles. The van der Waals surface area contributed by atoms with Gasteiger partial charge in [0.2, 0.25) is 0 Å². The topological polar surface area (TPSA) is 82.3 Å². The molecule has 9 aromatic carbocycles. The second-order valence-corrected chi connectivity index (χ2v) is 21.3. The summed E-state index contributed by atoms with van der Waals surface area (Å²) in [6, 6.07) is 84.7. The van der Waals surface area contributed by atoms with Gasteiger partial charge >= 0.3 is 0 Å². The minimum atomic E-state index is -2.87. The van der Waals surface area contributed by atoms with E-state index in [0.29, 0.717) is 34.9 Å². The second-order valence-electron chi connectivity index (χ2n) is 17.5. The average molecular weight is 916 g/mol. The van der Waals surface area contributed by atoms with E-state index in [0.717, 1.165) is 60.9 Å². The van der Waals surface area contributed by atoms with Gasteiger partial charge in [-0.1, -0.05) is 206 Å². The first kappa shape index (κ1) is 42.4. The predicted molar refractivity (Wildman–Crippen MR) is 288 cm³/mol. The van der Waals surface area contributed by atoms with Crippen LogP contribution in [-0.4, -0.2) is 42.5 Å². The summed E-state index contributed by atoms with van der Waals surface area (Å²) in [5.41, 5.74) is 8.92. The Morgan fingerprint density at radius 3 is 1.30 bits per heavy atom. The van der Waals surface area contributed by atoms with Gasteiger partial charge in [-0.05, 0) is 70.5 Å². The summed E-state index contributed by atoms with van der Waals surface area (Å²) in [5.74, 6) is 3.85. The van der Waals surface area contributed by atoms with Gasteiger partial charge in [0.05, 0.1) is 16.7 Å². The largest absolute Gasteiger partial charge is 0.309 e. The average Bonchev–Trinajstić information content (AvgIpc) is 3.76. The Labute approximate surface area is 407 Å². The Bertz CT molecular complexity index is 3670. The molecule has 3 aromatic heterocycles. The quantitative estimate of drug-likeness (QED) is 0.100. The molecule has 0 bridgehead atoms. The van der Waals surface area contributed by atoms with E-state index in [1.807, 2.05) is 74.5 Å². The van der Waals surface area contributed by atoms with Crippen molar-refractivity contribution in [1.29, 1.82) is 0 Å². The molecule has 0 radical (unpaired) electrons. The number of hydrogen-bond donors (Lipinski definition) is 0. The molecule has 0 unspecified atom stereocenters. The molecule has 8 heteroatoms. The first-order valence-corrected chi connectivity index (χ1v) is 25.5. The standard InChI is InChI=1S/C62H45N7Si/c1-42-63-43(2)65-61(64-42)47-36-38-57-55(40-47)54-33-18-19-34-56(54)69(57)58-41-48(62-67-59(44-21-8-3-9-22-44)66-60(68-62)45-23-10-4-11-24-45)35-37-53(58)46-25-20-32-52(39-46)70(49-26-12-5-13-27-49,50-28-14-6-15-29-50)51-30-16-7-17-31-51/h3-41H,1-2H3. The summed E-state index contributed by atoms with van der Waals surface area (Å²) in [4.78, 5) is 29.4. The number of aryl methyl sites for hydroxylation is 2. The van der Waals surface area contributed by atoms with Gasteiger partial charge in [0.1, 0.15) is 11.6 Å². The van der Waals surface area contributed by atoms with E-state index in [-0.39, 0.29) is 0 Å². The predicted octanol–water partition coefficient (Wildman–Crippen LogP) is 11.5. The fraction of sp³-hybridized carbons (Fsp3) is 0.0323. The Morgan fingerprint density at radius 2 is 0.729 bits per heavy atom. The molecule has 12 rings (SSSR count). The van der Waals surface area contributed by atoms with E-state index in [9.17, 15) is 0 Å². The molecule has 70 heavy (non-hydrogen) atoms. The Morgan fingerprint density at radius 1 is 0.300 bits per heavy atom. The van der Waals surface area contributed by atoms with Gasteiger partial charge in [0.15, 0.2) is 31.4 Å². The van der Waals surface area contributed by atoms with Crippen LogP contribution in [0.5, 0.6) is 0 Å². The van der Waals surface area contributed by atoms with Crippen LogP contribution in [0.3, 0.4) is 0 Å². The van der Waals surface area contributed by atoms with Crippen LogP contribution in [0.4, 0.5) is 0 Å². The molecule has 0 spiro atoms. The molecular weight excluding hydrogens is 871 g/mol. The molecule has 0 N–H and O–H groups in total. The van der Waals surface area contributed by atoms with Crippen LogP contribution >= 0.6 is 0 Å². The van der Waals surface area contributed by atoms with Crippen LogP contribution in [0.2, 0.25) is 0 Å². The summed E-state index contributed by atoms with van der Waals surface area (Å²) in [6.45, 7) is 3.83. The van der Waals surface area contributed by atoms with Crippen molar-refractivity contribution in [2.45, 2.75) is 13.8 Å². The van der Waals surface area contributed by atoms with Crippen molar-refractivity contribution in [3.63, 3.8) is 0 Å². The van der Waals surface area contributed by atoms with Crippen LogP contribution in [-0.2, 0) is 0 Å². The van der Waals surface area contributed by atoms with Gasteiger partial charge in [0.25, 0.3) is 0 Å². The van der Waals surface area contributed by atoms with E-state index in [1.54, 1.807) is 0 Å². The molecular formula is C62H45N7Si. The summed E-state index contributed by atoms with van der Waals surface area (Å²) in [7, 11) is -2.87. The van der Waals surface area contributed by atoms with Crippen molar-refractivity contribution in [2.75, 3.05) is 0 Å². The van der Waals surface area contributed by atoms with E-state index in [2.05, 4.69) is 185 Å². The normalized spacial score (nSPS) is 11.6. The van der Waals surface area contributed by atoms with Crippen molar-refractivity contribution >= 4 is 50.6 Å². The summed E-state index contributed by atoms with van der Waals surface area (Å²) in [5, 5.41) is 7.46. The fourth-order valence-corrected chi connectivity index (χ4v) is 14.9. The van der Waals surface area contributed by atoms with E-state index < -0.39 is 8.07 Å². The second kappa shape index (κ2) is 17.9. The van der Waals surface area contributed by atoms with Crippen LogP contribution in [0.1, 0.15) is 11.6 Å². The lowest BCUT2D eigenvalue weighted by Gasteiger charge is -2.34. The number of nitrogens with zero attached hydrogens (tertiary/aromatic N) is 7. The zero-order valence-electron chi connectivity index (χ0n) is 38.6. The van der Waals surface area contributed by atoms with Crippen LogP contribution < -0.4 is 20.7 Å². The molecule has 0 amide bonds. The highest BCUT2D eigenvalue weighted by Gasteiger charge is 2.41. The molecule has 0 fully saturated rings. The van der Waals surface area contributed by atoms with Crippen molar-refractivity contribution in [3.05, 3.63) is 248 Å². The number of para-hydroxylation sites is 1. The third kappa shape index (κ3) is 7.57. The number of fused-ring (bicyclic) bond motifs is 3. The van der Waals surface area contributed by atoms with Gasteiger partial charge in [0, 0.05) is 38.6 Å². The molecule has 0 aliphatic rings. The molecule has 0 atom stereocenters. The Balaban J connectivity index is 1.14. The summed E-state index contributed by atoms with van der Waals surface area (Å²) in [6.07, 6.45) is 0. The third-order valence-electron chi connectivity index (χ3n) is 13.2. The zero-order valence-corrected chi connectivity index (χ0v) is 39.6. The summed E-state index contributed by atoms with van der Waals surface area (Å²) >= 11 is 0. The van der Waals surface area contributed by atoms with Gasteiger partial charge in [-0.2, -0.15) is 0 Å². The first-order valence-electron chi connectivity index (χ1n) is 23.5. The lowest BCUT2D eigenvalue weighted by Crippen LogP contribution is -2.74. The minimum Gasteiger partial charge on any atom is -0.309 e. The van der Waals surface area contributed by atoms with E-state index in [1.165, 1.54) is 20.7 Å². The highest BCUT2D eigenvalue weighted by molar-refractivity contribution is 7.19. The monoisotopic (exact) mass is 915 g/mol. The minimum absolute atomic E-state index is 0.585. The smallest absolute Gasteiger partial charge is 0.179 e. The van der Waals surface area contributed by atoms with Crippen LogP contribution in [0, 0.1) is 13.8 Å².